The van der Waals surface area contributed by atoms with E-state index in [9.17, 15) is 4.79 Å². The van der Waals surface area contributed by atoms with Gasteiger partial charge in [0, 0.05) is 12.2 Å². The molecule has 0 bridgehead atoms. The van der Waals surface area contributed by atoms with Crippen LogP contribution in [0.5, 0.6) is 0 Å². The lowest BCUT2D eigenvalue weighted by Crippen LogP contribution is -2.24. The van der Waals surface area contributed by atoms with E-state index in [2.05, 4.69) is 5.32 Å². The molecule has 2 aromatic carbocycles. The first kappa shape index (κ1) is 15.4. The summed E-state index contributed by atoms with van der Waals surface area (Å²) in [7, 11) is 0. The third-order valence-corrected chi connectivity index (χ3v) is 4.05. The molecule has 0 aliphatic carbocycles. The summed E-state index contributed by atoms with van der Waals surface area (Å²) >= 11 is 0. The average molecular weight is 312 g/mol. The predicted octanol–water partition coefficient (Wildman–Crippen LogP) is 3.06. The number of rotatable bonds is 5. The topological polar surface area (TPSA) is 61.8 Å². The predicted molar refractivity (Wildman–Crippen MR) is 89.6 cm³/mol. The minimum absolute atomic E-state index is 0.0563. The van der Waals surface area contributed by atoms with Gasteiger partial charge in [0.25, 0.3) is 0 Å². The van der Waals surface area contributed by atoms with Crippen LogP contribution in [-0.2, 0) is 17.9 Å². The van der Waals surface area contributed by atoms with Crippen LogP contribution in [-0.4, -0.2) is 24.4 Å². The van der Waals surface area contributed by atoms with Gasteiger partial charge in [0.2, 0.25) is 0 Å². The van der Waals surface area contributed by atoms with E-state index in [-0.39, 0.29) is 12.7 Å². The SMILES string of the molecule is Cc1c(NCc2ccc(CO)cc2)cccc1N1CCOC1=O. The Kier molecular flexibility index (Phi) is 4.48. The number of benzene rings is 2. The Morgan fingerprint density at radius 2 is 1.91 bits per heavy atom. The van der Waals surface area contributed by atoms with Crippen LogP contribution in [0.3, 0.4) is 0 Å². The van der Waals surface area contributed by atoms with E-state index < -0.39 is 0 Å². The highest BCUT2D eigenvalue weighted by Crippen LogP contribution is 2.29. The second-order valence-corrected chi connectivity index (χ2v) is 5.54. The van der Waals surface area contributed by atoms with Crippen LogP contribution in [0.2, 0.25) is 0 Å². The summed E-state index contributed by atoms with van der Waals surface area (Å²) < 4.78 is 5.01. The highest BCUT2D eigenvalue weighted by molar-refractivity contribution is 5.91. The van der Waals surface area contributed by atoms with E-state index in [1.54, 1.807) is 4.90 Å². The van der Waals surface area contributed by atoms with Crippen molar-refractivity contribution in [2.75, 3.05) is 23.4 Å². The Balaban J connectivity index is 1.73. The van der Waals surface area contributed by atoms with E-state index in [4.69, 9.17) is 9.84 Å². The van der Waals surface area contributed by atoms with Crippen LogP contribution >= 0.6 is 0 Å². The molecule has 0 aromatic heterocycles. The van der Waals surface area contributed by atoms with Gasteiger partial charge in [-0.2, -0.15) is 0 Å². The second kappa shape index (κ2) is 6.71. The molecule has 1 saturated heterocycles. The number of nitrogens with one attached hydrogen (secondary N) is 1. The molecule has 1 fully saturated rings. The number of cyclic esters (lactones) is 1. The van der Waals surface area contributed by atoms with E-state index in [1.165, 1.54) is 0 Å². The van der Waals surface area contributed by atoms with Gasteiger partial charge in [0.05, 0.1) is 18.8 Å². The van der Waals surface area contributed by atoms with E-state index >= 15 is 0 Å². The minimum atomic E-state index is -0.287. The first-order valence-corrected chi connectivity index (χ1v) is 7.65. The maximum Gasteiger partial charge on any atom is 0.414 e. The highest BCUT2D eigenvalue weighted by atomic mass is 16.6. The fraction of sp³-hybridized carbons (Fsp3) is 0.278. The molecule has 2 N–H and O–H groups in total. The summed E-state index contributed by atoms with van der Waals surface area (Å²) in [6.07, 6.45) is -0.287. The molecule has 0 atom stereocenters. The van der Waals surface area contributed by atoms with Crippen molar-refractivity contribution in [3.63, 3.8) is 0 Å². The van der Waals surface area contributed by atoms with Crippen LogP contribution in [0.15, 0.2) is 42.5 Å². The molecule has 0 radical (unpaired) electrons. The Hall–Kier alpha value is -2.53. The summed E-state index contributed by atoms with van der Waals surface area (Å²) in [5, 5.41) is 12.5. The van der Waals surface area contributed by atoms with Gasteiger partial charge in [-0.3, -0.25) is 4.90 Å². The molecule has 5 heteroatoms. The van der Waals surface area contributed by atoms with Crippen molar-refractivity contribution >= 4 is 17.5 Å². The second-order valence-electron chi connectivity index (χ2n) is 5.54. The molecule has 23 heavy (non-hydrogen) atoms. The standard InChI is InChI=1S/C18H20N2O3/c1-13-16(19-11-14-5-7-15(12-21)8-6-14)3-2-4-17(13)20-9-10-23-18(20)22/h2-8,19,21H,9-12H2,1H3. The van der Waals surface area contributed by atoms with Gasteiger partial charge in [0.15, 0.2) is 0 Å². The minimum Gasteiger partial charge on any atom is -0.447 e. The van der Waals surface area contributed by atoms with Gasteiger partial charge < -0.3 is 15.2 Å². The summed E-state index contributed by atoms with van der Waals surface area (Å²) in [5.41, 5.74) is 4.94. The molecule has 0 spiro atoms. The zero-order chi connectivity index (χ0) is 16.2. The number of carbonyl (C=O) groups excluding carboxylic acids is 1. The normalized spacial score (nSPS) is 14.0. The van der Waals surface area contributed by atoms with Crippen molar-refractivity contribution in [2.45, 2.75) is 20.1 Å². The van der Waals surface area contributed by atoms with Gasteiger partial charge in [-0.15, -0.1) is 0 Å². The molecule has 0 unspecified atom stereocenters. The monoisotopic (exact) mass is 312 g/mol. The smallest absolute Gasteiger partial charge is 0.414 e. The fourth-order valence-corrected chi connectivity index (χ4v) is 2.68. The average Bonchev–Trinajstić information content (AvgIpc) is 3.00. The molecule has 5 nitrogen and oxygen atoms in total. The molecule has 3 rings (SSSR count). The van der Waals surface area contributed by atoms with Gasteiger partial charge in [-0.25, -0.2) is 4.79 Å². The molecule has 0 saturated carbocycles. The van der Waals surface area contributed by atoms with E-state index in [0.717, 1.165) is 28.1 Å². The Morgan fingerprint density at radius 3 is 2.57 bits per heavy atom. The summed E-state index contributed by atoms with van der Waals surface area (Å²) in [4.78, 5) is 13.4. The van der Waals surface area contributed by atoms with Crippen molar-refractivity contribution in [3.8, 4) is 0 Å². The van der Waals surface area contributed by atoms with Crippen LogP contribution in [0, 0.1) is 6.92 Å². The number of ether oxygens (including phenoxy) is 1. The lowest BCUT2D eigenvalue weighted by atomic mass is 10.1. The number of aliphatic hydroxyl groups excluding tert-OH is 1. The number of nitrogens with zero attached hydrogens (tertiary/aromatic N) is 1. The third kappa shape index (κ3) is 3.29. The zero-order valence-electron chi connectivity index (χ0n) is 13.1. The summed E-state index contributed by atoms with van der Waals surface area (Å²) in [5.74, 6) is 0. The first-order chi connectivity index (χ1) is 11.2. The van der Waals surface area contributed by atoms with Gasteiger partial charge in [0.1, 0.15) is 6.61 Å². The molecule has 2 aromatic rings. The number of hydrogen-bond donors (Lipinski definition) is 2. The van der Waals surface area contributed by atoms with Gasteiger partial charge in [-0.1, -0.05) is 30.3 Å². The molecular formula is C18H20N2O3. The fourth-order valence-electron chi connectivity index (χ4n) is 2.68. The highest BCUT2D eigenvalue weighted by Gasteiger charge is 2.25. The number of carbonyl (C=O) groups is 1. The van der Waals surface area contributed by atoms with Crippen LogP contribution in [0.4, 0.5) is 16.2 Å². The van der Waals surface area contributed by atoms with Gasteiger partial charge in [-0.05, 0) is 35.7 Å². The molecular weight excluding hydrogens is 292 g/mol. The Bertz CT molecular complexity index is 698. The van der Waals surface area contributed by atoms with Crippen molar-refractivity contribution in [1.82, 2.24) is 0 Å². The lowest BCUT2D eigenvalue weighted by Gasteiger charge is -2.19. The van der Waals surface area contributed by atoms with Crippen molar-refractivity contribution < 1.29 is 14.6 Å². The van der Waals surface area contributed by atoms with E-state index in [1.807, 2.05) is 49.4 Å². The first-order valence-electron chi connectivity index (χ1n) is 7.65. The third-order valence-electron chi connectivity index (χ3n) is 4.05. The molecule has 1 aliphatic rings. The number of hydrogen-bond acceptors (Lipinski definition) is 4. The van der Waals surface area contributed by atoms with Crippen molar-refractivity contribution in [1.29, 1.82) is 0 Å². The lowest BCUT2D eigenvalue weighted by molar-refractivity contribution is 0.181. The number of amides is 1. The summed E-state index contributed by atoms with van der Waals surface area (Å²) in [6, 6.07) is 13.7. The molecule has 120 valence electrons. The van der Waals surface area contributed by atoms with Crippen LogP contribution in [0.1, 0.15) is 16.7 Å². The Morgan fingerprint density at radius 1 is 1.17 bits per heavy atom. The van der Waals surface area contributed by atoms with Crippen LogP contribution < -0.4 is 10.2 Å². The maximum atomic E-state index is 11.7. The Labute approximate surface area is 135 Å². The van der Waals surface area contributed by atoms with Crippen LogP contribution in [0.25, 0.3) is 0 Å². The zero-order valence-corrected chi connectivity index (χ0v) is 13.1. The van der Waals surface area contributed by atoms with Crippen molar-refractivity contribution in [2.24, 2.45) is 0 Å². The molecule has 1 heterocycles. The maximum absolute atomic E-state index is 11.7. The molecule has 1 amide bonds. The quantitative estimate of drug-likeness (QED) is 0.891. The van der Waals surface area contributed by atoms with Gasteiger partial charge >= 0.3 is 6.09 Å². The van der Waals surface area contributed by atoms with Crippen molar-refractivity contribution in [3.05, 3.63) is 59.2 Å². The molecule has 1 aliphatic heterocycles. The number of aliphatic hydroxyl groups is 1. The summed E-state index contributed by atoms with van der Waals surface area (Å²) in [6.45, 7) is 3.76. The largest absolute Gasteiger partial charge is 0.447 e. The number of anilines is 2. The van der Waals surface area contributed by atoms with E-state index in [0.29, 0.717) is 19.7 Å².